The van der Waals surface area contributed by atoms with Gasteiger partial charge in [-0.1, -0.05) is 20.8 Å². The molecule has 0 radical (unpaired) electrons. The Bertz CT molecular complexity index is 83.4. The molecule has 2 N–H and O–H groups in total. The highest BCUT2D eigenvalue weighted by atomic mass is 16.4. The molecule has 0 unspecified atom stereocenters. The van der Waals surface area contributed by atoms with Gasteiger partial charge in [-0.3, -0.25) is 4.79 Å². The van der Waals surface area contributed by atoms with E-state index in [2.05, 4.69) is 25.7 Å². The molecular formula is C9H23NO3. The topological polar surface area (TPSA) is 60.8 Å². The van der Waals surface area contributed by atoms with Crippen molar-refractivity contribution in [2.75, 3.05) is 26.7 Å². The van der Waals surface area contributed by atoms with Crippen molar-refractivity contribution >= 4 is 5.97 Å². The van der Waals surface area contributed by atoms with E-state index in [4.69, 9.17) is 15.0 Å². The van der Waals surface area contributed by atoms with E-state index in [-0.39, 0.29) is 0 Å². The molecule has 0 fully saturated rings. The monoisotopic (exact) mass is 193 g/mol. The molecule has 4 heteroatoms. The minimum Gasteiger partial charge on any atom is -0.481 e. The number of aliphatic hydroxyl groups excluding tert-OH is 1. The van der Waals surface area contributed by atoms with Crippen LogP contribution in [0, 0.1) is 0 Å². The fourth-order valence-corrected chi connectivity index (χ4v) is 0.671. The van der Waals surface area contributed by atoms with Crippen molar-refractivity contribution in [1.29, 1.82) is 0 Å². The molecule has 0 aliphatic heterocycles. The average molecular weight is 193 g/mol. The van der Waals surface area contributed by atoms with Crippen LogP contribution in [0.25, 0.3) is 0 Å². The lowest BCUT2D eigenvalue weighted by Crippen LogP contribution is -2.21. The number of nitrogens with zero attached hydrogens (tertiary/aromatic N) is 1. The van der Waals surface area contributed by atoms with Gasteiger partial charge in [-0.25, -0.2) is 0 Å². The lowest BCUT2D eigenvalue weighted by atomic mass is 10.5. The summed E-state index contributed by atoms with van der Waals surface area (Å²) in [4.78, 5) is 11.4. The molecule has 82 valence electrons. The van der Waals surface area contributed by atoms with Crippen molar-refractivity contribution in [2.24, 2.45) is 0 Å². The van der Waals surface area contributed by atoms with Gasteiger partial charge in [0, 0.05) is 14.0 Å². The van der Waals surface area contributed by atoms with Gasteiger partial charge in [-0.05, 0) is 19.6 Å². The molecule has 0 aromatic rings. The first kappa shape index (κ1) is 18.2. The van der Waals surface area contributed by atoms with Gasteiger partial charge in [0.2, 0.25) is 0 Å². The van der Waals surface area contributed by atoms with Crippen LogP contribution in [0.3, 0.4) is 0 Å². The first-order valence-corrected chi connectivity index (χ1v) is 4.44. The molecule has 13 heavy (non-hydrogen) atoms. The van der Waals surface area contributed by atoms with E-state index in [1.54, 1.807) is 0 Å². The highest BCUT2D eigenvalue weighted by molar-refractivity contribution is 5.62. The Labute approximate surface area is 81.2 Å². The molecule has 0 spiro atoms. The van der Waals surface area contributed by atoms with Gasteiger partial charge in [0.15, 0.2) is 0 Å². The van der Waals surface area contributed by atoms with Crippen LogP contribution in [-0.2, 0) is 4.79 Å². The van der Waals surface area contributed by atoms with E-state index in [1.807, 2.05) is 0 Å². The molecule has 0 saturated heterocycles. The second kappa shape index (κ2) is 17.5. The zero-order valence-corrected chi connectivity index (χ0v) is 9.37. The van der Waals surface area contributed by atoms with Gasteiger partial charge in [-0.2, -0.15) is 0 Å². The Morgan fingerprint density at radius 1 is 1.08 bits per heavy atom. The number of aliphatic hydroxyl groups is 1. The van der Waals surface area contributed by atoms with Crippen molar-refractivity contribution in [3.8, 4) is 0 Å². The molecule has 0 aromatic carbocycles. The maximum atomic E-state index is 9.00. The molecule has 0 saturated carbocycles. The first-order chi connectivity index (χ1) is 6.08. The molecule has 0 aliphatic carbocycles. The molecule has 0 aliphatic rings. The Hall–Kier alpha value is -0.610. The summed E-state index contributed by atoms with van der Waals surface area (Å²) in [6.07, 6.45) is 0. The minimum absolute atomic E-state index is 0.833. The standard InChI is InChI=1S/C6H15N.C2H4O2.CH4O/c1-4-7(5-2)6-3;1-2(3)4;1-2/h4-6H2,1-3H3;1H3,(H,3,4);2H,1H3. The highest BCUT2D eigenvalue weighted by Crippen LogP contribution is 1.81. The lowest BCUT2D eigenvalue weighted by Gasteiger charge is -2.13. The molecule has 0 aromatic heterocycles. The van der Waals surface area contributed by atoms with Crippen molar-refractivity contribution in [2.45, 2.75) is 27.7 Å². The SMILES string of the molecule is CC(=O)O.CCN(CC)CC.CO. The summed E-state index contributed by atoms with van der Waals surface area (Å²) in [5.74, 6) is -0.833. The van der Waals surface area contributed by atoms with E-state index in [9.17, 15) is 0 Å². The fraction of sp³-hybridized carbons (Fsp3) is 0.889. The van der Waals surface area contributed by atoms with Gasteiger partial charge in [0.25, 0.3) is 5.97 Å². The Morgan fingerprint density at radius 2 is 1.23 bits per heavy atom. The third-order valence-corrected chi connectivity index (χ3v) is 1.34. The molecule has 0 heterocycles. The first-order valence-electron chi connectivity index (χ1n) is 4.44. The molecular weight excluding hydrogens is 170 g/mol. The number of hydrogen-bond acceptors (Lipinski definition) is 3. The van der Waals surface area contributed by atoms with Crippen LogP contribution < -0.4 is 0 Å². The van der Waals surface area contributed by atoms with Crippen LogP contribution >= 0.6 is 0 Å². The van der Waals surface area contributed by atoms with Crippen molar-refractivity contribution in [1.82, 2.24) is 4.90 Å². The zero-order chi connectivity index (χ0) is 11.3. The van der Waals surface area contributed by atoms with Gasteiger partial charge in [-0.15, -0.1) is 0 Å². The van der Waals surface area contributed by atoms with Crippen LogP contribution in [0.4, 0.5) is 0 Å². The largest absolute Gasteiger partial charge is 0.481 e. The quantitative estimate of drug-likeness (QED) is 0.703. The predicted molar refractivity (Wildman–Crippen MR) is 54.9 cm³/mol. The van der Waals surface area contributed by atoms with E-state index < -0.39 is 5.97 Å². The second-order valence-electron chi connectivity index (χ2n) is 2.14. The molecule has 0 atom stereocenters. The molecule has 0 amide bonds. The summed E-state index contributed by atoms with van der Waals surface area (Å²) in [5.41, 5.74) is 0. The Kier molecular flexibility index (Phi) is 24.5. The molecule has 0 rings (SSSR count). The Morgan fingerprint density at radius 3 is 1.23 bits per heavy atom. The van der Waals surface area contributed by atoms with E-state index in [0.717, 1.165) is 14.0 Å². The molecule has 0 bridgehead atoms. The normalized spacial score (nSPS) is 7.92. The Balaban J connectivity index is -0.000000142. The summed E-state index contributed by atoms with van der Waals surface area (Å²) in [7, 11) is 1.00. The van der Waals surface area contributed by atoms with Crippen LogP contribution in [0.15, 0.2) is 0 Å². The van der Waals surface area contributed by atoms with Crippen LogP contribution in [0.5, 0.6) is 0 Å². The van der Waals surface area contributed by atoms with E-state index in [1.165, 1.54) is 19.6 Å². The summed E-state index contributed by atoms with van der Waals surface area (Å²) >= 11 is 0. The number of carboxylic acid groups (broad SMARTS) is 1. The van der Waals surface area contributed by atoms with Crippen molar-refractivity contribution < 1.29 is 15.0 Å². The van der Waals surface area contributed by atoms with Gasteiger partial charge in [0.05, 0.1) is 0 Å². The number of carboxylic acids is 1. The lowest BCUT2D eigenvalue weighted by molar-refractivity contribution is -0.134. The average Bonchev–Trinajstić information content (AvgIpc) is 2.10. The highest BCUT2D eigenvalue weighted by Gasteiger charge is 1.89. The summed E-state index contributed by atoms with van der Waals surface area (Å²) in [6, 6.07) is 0. The van der Waals surface area contributed by atoms with E-state index in [0.29, 0.717) is 0 Å². The summed E-state index contributed by atoms with van der Waals surface area (Å²) in [6.45, 7) is 11.2. The summed E-state index contributed by atoms with van der Waals surface area (Å²) < 4.78 is 0. The zero-order valence-electron chi connectivity index (χ0n) is 9.37. The van der Waals surface area contributed by atoms with Crippen molar-refractivity contribution in [3.05, 3.63) is 0 Å². The van der Waals surface area contributed by atoms with E-state index >= 15 is 0 Å². The fourth-order valence-electron chi connectivity index (χ4n) is 0.671. The number of carbonyl (C=O) groups is 1. The van der Waals surface area contributed by atoms with Crippen LogP contribution in [0.2, 0.25) is 0 Å². The van der Waals surface area contributed by atoms with Gasteiger partial charge >= 0.3 is 0 Å². The second-order valence-corrected chi connectivity index (χ2v) is 2.14. The van der Waals surface area contributed by atoms with Crippen LogP contribution in [0.1, 0.15) is 27.7 Å². The third kappa shape index (κ3) is 34.6. The summed E-state index contributed by atoms with van der Waals surface area (Å²) in [5, 5.41) is 14.4. The minimum atomic E-state index is -0.833. The van der Waals surface area contributed by atoms with Crippen LogP contribution in [-0.4, -0.2) is 47.8 Å². The number of rotatable bonds is 3. The smallest absolute Gasteiger partial charge is 0.300 e. The maximum Gasteiger partial charge on any atom is 0.300 e. The van der Waals surface area contributed by atoms with Gasteiger partial charge < -0.3 is 15.1 Å². The van der Waals surface area contributed by atoms with Crippen molar-refractivity contribution in [3.63, 3.8) is 0 Å². The maximum absolute atomic E-state index is 9.00. The van der Waals surface area contributed by atoms with Gasteiger partial charge in [0.1, 0.15) is 0 Å². The predicted octanol–water partition coefficient (Wildman–Crippen LogP) is 1.05. The number of hydrogen-bond donors (Lipinski definition) is 2. The third-order valence-electron chi connectivity index (χ3n) is 1.34. The molecule has 4 nitrogen and oxygen atoms in total. The number of aliphatic carboxylic acids is 1.